The predicted molar refractivity (Wildman–Crippen MR) is 102 cm³/mol. The number of hydrogen-bond donors (Lipinski definition) is 2. The van der Waals surface area contributed by atoms with E-state index in [1.807, 2.05) is 0 Å². The molecular formula is C19H25N3O4S. The Labute approximate surface area is 159 Å². The summed E-state index contributed by atoms with van der Waals surface area (Å²) in [5, 5.41) is 0. The molecule has 1 aromatic carbocycles. The van der Waals surface area contributed by atoms with Gasteiger partial charge in [-0.15, -0.1) is 4.83 Å². The van der Waals surface area contributed by atoms with E-state index in [2.05, 4.69) is 10.3 Å². The fourth-order valence-electron chi connectivity index (χ4n) is 3.22. The minimum atomic E-state index is -3.86. The maximum absolute atomic E-state index is 12.3. The highest BCUT2D eigenvalue weighted by atomic mass is 32.2. The topological polar surface area (TPSA) is 89.4 Å². The standard InChI is InChI=1S/C19H25N3O4S/c1-22-13-5-8-18(22)19(23)20-21-27(24,25)17-11-9-16(10-12-17)26-14-15-6-3-2-4-7-15/h5,8-13,15,21H,2-4,6-7,14H2,1H3,(H,20,23). The highest BCUT2D eigenvalue weighted by Crippen LogP contribution is 2.25. The molecule has 0 unspecified atom stereocenters. The van der Waals surface area contributed by atoms with Gasteiger partial charge < -0.3 is 9.30 Å². The summed E-state index contributed by atoms with van der Waals surface area (Å²) in [6.07, 6.45) is 7.90. The van der Waals surface area contributed by atoms with E-state index in [0.29, 0.717) is 24.0 Å². The fraction of sp³-hybridized carbons (Fsp3) is 0.421. The van der Waals surface area contributed by atoms with Crippen LogP contribution >= 0.6 is 0 Å². The Balaban J connectivity index is 1.54. The molecule has 8 heteroatoms. The molecule has 0 saturated heterocycles. The van der Waals surface area contributed by atoms with Crippen LogP contribution in [0.15, 0.2) is 47.5 Å². The number of sulfonamides is 1. The molecule has 1 aliphatic carbocycles. The molecule has 1 heterocycles. The third kappa shape index (κ3) is 5.11. The number of amides is 1. The van der Waals surface area contributed by atoms with Gasteiger partial charge in [-0.1, -0.05) is 19.3 Å². The molecule has 1 saturated carbocycles. The van der Waals surface area contributed by atoms with Gasteiger partial charge in [0.05, 0.1) is 11.5 Å². The third-order valence-electron chi connectivity index (χ3n) is 4.82. The average Bonchev–Trinajstić information content (AvgIpc) is 3.12. The van der Waals surface area contributed by atoms with Gasteiger partial charge in [-0.3, -0.25) is 10.2 Å². The van der Waals surface area contributed by atoms with Gasteiger partial charge in [0.25, 0.3) is 15.9 Å². The number of benzene rings is 1. The first-order valence-corrected chi connectivity index (χ1v) is 10.6. The van der Waals surface area contributed by atoms with E-state index in [-0.39, 0.29) is 4.90 Å². The Hall–Kier alpha value is -2.32. The lowest BCUT2D eigenvalue weighted by Crippen LogP contribution is -2.42. The summed E-state index contributed by atoms with van der Waals surface area (Å²) in [5.41, 5.74) is 2.57. The van der Waals surface area contributed by atoms with Crippen LogP contribution in [0.2, 0.25) is 0 Å². The molecule has 2 aromatic rings. The number of carbonyl (C=O) groups is 1. The third-order valence-corrected chi connectivity index (χ3v) is 6.08. The molecule has 0 spiro atoms. The Morgan fingerprint density at radius 2 is 1.85 bits per heavy atom. The van der Waals surface area contributed by atoms with Crippen molar-refractivity contribution in [2.24, 2.45) is 13.0 Å². The van der Waals surface area contributed by atoms with E-state index in [1.54, 1.807) is 42.1 Å². The highest BCUT2D eigenvalue weighted by Gasteiger charge is 2.17. The first kappa shape index (κ1) is 19.4. The first-order chi connectivity index (χ1) is 13.0. The van der Waals surface area contributed by atoms with Crippen LogP contribution in [0, 0.1) is 5.92 Å². The number of aryl methyl sites for hydroxylation is 1. The molecule has 2 N–H and O–H groups in total. The van der Waals surface area contributed by atoms with Crippen molar-refractivity contribution in [3.05, 3.63) is 48.3 Å². The number of hydrogen-bond acceptors (Lipinski definition) is 4. The number of ether oxygens (including phenoxy) is 1. The van der Waals surface area contributed by atoms with Crippen molar-refractivity contribution in [3.63, 3.8) is 0 Å². The lowest BCUT2D eigenvalue weighted by atomic mass is 9.90. The molecule has 1 fully saturated rings. The lowest BCUT2D eigenvalue weighted by molar-refractivity contribution is 0.0937. The highest BCUT2D eigenvalue weighted by molar-refractivity contribution is 7.89. The summed E-state index contributed by atoms with van der Waals surface area (Å²) >= 11 is 0. The van der Waals surface area contributed by atoms with Crippen molar-refractivity contribution >= 4 is 15.9 Å². The van der Waals surface area contributed by atoms with Crippen molar-refractivity contribution in [1.82, 2.24) is 14.8 Å². The number of carbonyl (C=O) groups excluding carboxylic acids is 1. The Morgan fingerprint density at radius 3 is 2.48 bits per heavy atom. The van der Waals surface area contributed by atoms with Gasteiger partial charge in [-0.2, -0.15) is 0 Å². The van der Waals surface area contributed by atoms with Gasteiger partial charge >= 0.3 is 0 Å². The van der Waals surface area contributed by atoms with Crippen molar-refractivity contribution in [2.45, 2.75) is 37.0 Å². The van der Waals surface area contributed by atoms with Gasteiger partial charge in [-0.05, 0) is 55.2 Å². The summed E-state index contributed by atoms with van der Waals surface area (Å²) in [5.74, 6) is 0.697. The van der Waals surface area contributed by atoms with Gasteiger partial charge in [0.2, 0.25) is 0 Å². The molecule has 1 amide bonds. The summed E-state index contributed by atoms with van der Waals surface area (Å²) < 4.78 is 32.1. The predicted octanol–water partition coefficient (Wildman–Crippen LogP) is 2.61. The molecular weight excluding hydrogens is 366 g/mol. The van der Waals surface area contributed by atoms with Crippen LogP contribution in [0.3, 0.4) is 0 Å². The zero-order valence-corrected chi connectivity index (χ0v) is 16.2. The van der Waals surface area contributed by atoms with E-state index >= 15 is 0 Å². The zero-order valence-electron chi connectivity index (χ0n) is 15.3. The summed E-state index contributed by atoms with van der Waals surface area (Å²) in [6, 6.07) is 9.50. The van der Waals surface area contributed by atoms with Gasteiger partial charge in [0, 0.05) is 13.2 Å². The zero-order chi connectivity index (χ0) is 19.3. The first-order valence-electron chi connectivity index (χ1n) is 9.12. The largest absolute Gasteiger partial charge is 0.493 e. The number of rotatable bonds is 7. The molecule has 1 aromatic heterocycles. The summed E-state index contributed by atoms with van der Waals surface area (Å²) in [4.78, 5) is 14.2. The second-order valence-corrected chi connectivity index (χ2v) is 8.53. The van der Waals surface area contributed by atoms with E-state index in [1.165, 1.54) is 44.2 Å². The minimum absolute atomic E-state index is 0.0553. The van der Waals surface area contributed by atoms with Crippen molar-refractivity contribution in [3.8, 4) is 5.75 Å². The van der Waals surface area contributed by atoms with Crippen LogP contribution in [0.5, 0.6) is 5.75 Å². The van der Waals surface area contributed by atoms with Crippen molar-refractivity contribution < 1.29 is 17.9 Å². The summed E-state index contributed by atoms with van der Waals surface area (Å²) in [7, 11) is -2.15. The Kier molecular flexibility index (Phi) is 6.18. The molecule has 146 valence electrons. The normalized spacial score (nSPS) is 15.4. The van der Waals surface area contributed by atoms with E-state index < -0.39 is 15.9 Å². The minimum Gasteiger partial charge on any atom is -0.493 e. The molecule has 0 bridgehead atoms. The quantitative estimate of drug-likeness (QED) is 0.710. The Bertz CT molecular complexity index is 869. The maximum atomic E-state index is 12.3. The van der Waals surface area contributed by atoms with Crippen molar-refractivity contribution in [2.75, 3.05) is 6.61 Å². The molecule has 0 aliphatic heterocycles. The number of nitrogens with one attached hydrogen (secondary N) is 2. The second kappa shape index (κ2) is 8.58. The van der Waals surface area contributed by atoms with Gasteiger partial charge in [0.1, 0.15) is 11.4 Å². The number of hydrazine groups is 1. The van der Waals surface area contributed by atoms with Gasteiger partial charge in [0.15, 0.2) is 0 Å². The molecule has 27 heavy (non-hydrogen) atoms. The van der Waals surface area contributed by atoms with E-state index in [0.717, 1.165) is 0 Å². The number of nitrogens with zero attached hydrogens (tertiary/aromatic N) is 1. The molecule has 1 aliphatic rings. The van der Waals surface area contributed by atoms with Gasteiger partial charge in [-0.25, -0.2) is 8.42 Å². The smallest absolute Gasteiger partial charge is 0.282 e. The molecule has 0 atom stereocenters. The Morgan fingerprint density at radius 1 is 1.15 bits per heavy atom. The molecule has 0 radical (unpaired) electrons. The molecule has 7 nitrogen and oxygen atoms in total. The monoisotopic (exact) mass is 391 g/mol. The maximum Gasteiger partial charge on any atom is 0.282 e. The van der Waals surface area contributed by atoms with Crippen LogP contribution in [-0.2, 0) is 17.1 Å². The number of aromatic nitrogens is 1. The SMILES string of the molecule is Cn1cccc1C(=O)NNS(=O)(=O)c1ccc(OCC2CCCCC2)cc1. The summed E-state index contributed by atoms with van der Waals surface area (Å²) in [6.45, 7) is 0.664. The fourth-order valence-corrected chi connectivity index (χ4v) is 4.06. The van der Waals surface area contributed by atoms with E-state index in [9.17, 15) is 13.2 Å². The van der Waals surface area contributed by atoms with Crippen LogP contribution in [0.4, 0.5) is 0 Å². The molecule has 3 rings (SSSR count). The van der Waals surface area contributed by atoms with Crippen LogP contribution in [0.25, 0.3) is 0 Å². The average molecular weight is 391 g/mol. The lowest BCUT2D eigenvalue weighted by Gasteiger charge is -2.21. The van der Waals surface area contributed by atoms with Crippen LogP contribution in [0.1, 0.15) is 42.6 Å². The second-order valence-electron chi connectivity index (χ2n) is 6.85. The van der Waals surface area contributed by atoms with Crippen LogP contribution in [-0.4, -0.2) is 25.5 Å². The van der Waals surface area contributed by atoms with Crippen LogP contribution < -0.4 is 15.0 Å². The van der Waals surface area contributed by atoms with E-state index in [4.69, 9.17) is 4.74 Å². The van der Waals surface area contributed by atoms with Crippen molar-refractivity contribution in [1.29, 1.82) is 0 Å².